The summed E-state index contributed by atoms with van der Waals surface area (Å²) in [6.07, 6.45) is 0.170. The van der Waals surface area contributed by atoms with Gasteiger partial charge in [0, 0.05) is 5.92 Å². The predicted molar refractivity (Wildman–Crippen MR) is 64.2 cm³/mol. The van der Waals surface area contributed by atoms with Crippen LogP contribution in [0.2, 0.25) is 0 Å². The zero-order valence-electron chi connectivity index (χ0n) is 10.1. The van der Waals surface area contributed by atoms with E-state index < -0.39 is 11.7 Å². The Hall–Kier alpha value is -1.51. The van der Waals surface area contributed by atoms with Crippen molar-refractivity contribution in [3.8, 4) is 0 Å². The molecule has 1 rings (SSSR count). The summed E-state index contributed by atoms with van der Waals surface area (Å²) in [5, 5.41) is 0. The molecular formula is C13H19NO2. The largest absolute Gasteiger partial charge is 0.443 e. The molecule has 0 spiro atoms. The molecule has 0 fully saturated rings. The fraction of sp³-hybridized carbons (Fsp3) is 0.462. The SMILES string of the molecule is CCC(c1ccccc1)C(C)(C)OC(N)=O. The minimum absolute atomic E-state index is 0.154. The number of benzene rings is 1. The van der Waals surface area contributed by atoms with Gasteiger partial charge in [-0.3, -0.25) is 0 Å². The lowest BCUT2D eigenvalue weighted by Crippen LogP contribution is -2.37. The van der Waals surface area contributed by atoms with Gasteiger partial charge in [-0.1, -0.05) is 37.3 Å². The van der Waals surface area contributed by atoms with Crippen LogP contribution in [0.1, 0.15) is 38.7 Å². The molecule has 0 aliphatic carbocycles. The molecule has 1 aromatic carbocycles. The summed E-state index contributed by atoms with van der Waals surface area (Å²) in [7, 11) is 0. The van der Waals surface area contributed by atoms with Crippen molar-refractivity contribution in [2.24, 2.45) is 5.73 Å². The second-order valence-corrected chi connectivity index (χ2v) is 4.40. The van der Waals surface area contributed by atoms with E-state index in [1.54, 1.807) is 0 Å². The molecule has 0 aliphatic heterocycles. The molecule has 0 radical (unpaired) electrons. The molecular weight excluding hydrogens is 202 g/mol. The number of amides is 1. The van der Waals surface area contributed by atoms with Crippen LogP contribution < -0.4 is 5.73 Å². The normalized spacial score (nSPS) is 13.2. The highest BCUT2D eigenvalue weighted by molar-refractivity contribution is 5.65. The topological polar surface area (TPSA) is 52.3 Å². The average Bonchev–Trinajstić information content (AvgIpc) is 2.17. The number of carbonyl (C=O) groups is 1. The summed E-state index contributed by atoms with van der Waals surface area (Å²) in [6, 6.07) is 10.0. The van der Waals surface area contributed by atoms with E-state index in [1.165, 1.54) is 0 Å². The lowest BCUT2D eigenvalue weighted by molar-refractivity contribution is 0.0227. The molecule has 0 heterocycles. The number of nitrogens with two attached hydrogens (primary N) is 1. The van der Waals surface area contributed by atoms with E-state index in [9.17, 15) is 4.79 Å². The van der Waals surface area contributed by atoms with Crippen LogP contribution in [0.4, 0.5) is 4.79 Å². The molecule has 3 nitrogen and oxygen atoms in total. The molecule has 0 saturated heterocycles. The van der Waals surface area contributed by atoms with Gasteiger partial charge in [-0.2, -0.15) is 0 Å². The van der Waals surface area contributed by atoms with Crippen LogP contribution in [-0.2, 0) is 4.74 Å². The van der Waals surface area contributed by atoms with Crippen molar-refractivity contribution >= 4 is 6.09 Å². The van der Waals surface area contributed by atoms with E-state index in [4.69, 9.17) is 10.5 Å². The van der Waals surface area contributed by atoms with Crippen molar-refractivity contribution in [1.82, 2.24) is 0 Å². The third-order valence-electron chi connectivity index (χ3n) is 2.81. The second-order valence-electron chi connectivity index (χ2n) is 4.40. The highest BCUT2D eigenvalue weighted by Gasteiger charge is 2.32. The van der Waals surface area contributed by atoms with Gasteiger partial charge >= 0.3 is 6.09 Å². The van der Waals surface area contributed by atoms with Crippen LogP contribution in [-0.4, -0.2) is 11.7 Å². The first-order chi connectivity index (χ1) is 7.47. The predicted octanol–water partition coefficient (Wildman–Crippen LogP) is 3.05. The molecule has 3 heteroatoms. The summed E-state index contributed by atoms with van der Waals surface area (Å²) in [5.74, 6) is 0.154. The average molecular weight is 221 g/mol. The van der Waals surface area contributed by atoms with E-state index in [0.717, 1.165) is 12.0 Å². The van der Waals surface area contributed by atoms with Crippen molar-refractivity contribution in [2.45, 2.75) is 38.7 Å². The number of hydrogen-bond acceptors (Lipinski definition) is 2. The van der Waals surface area contributed by atoms with Gasteiger partial charge < -0.3 is 10.5 Å². The number of rotatable bonds is 4. The molecule has 1 unspecified atom stereocenters. The minimum atomic E-state index is -0.723. The Labute approximate surface area is 96.6 Å². The molecule has 1 amide bonds. The molecule has 1 aromatic rings. The summed E-state index contributed by atoms with van der Waals surface area (Å²) in [6.45, 7) is 5.85. The first kappa shape index (κ1) is 12.6. The molecule has 88 valence electrons. The van der Waals surface area contributed by atoms with Gasteiger partial charge in [-0.15, -0.1) is 0 Å². The Morgan fingerprint density at radius 3 is 2.38 bits per heavy atom. The second kappa shape index (κ2) is 5.01. The van der Waals surface area contributed by atoms with E-state index >= 15 is 0 Å². The summed E-state index contributed by atoms with van der Waals surface area (Å²) in [4.78, 5) is 10.9. The lowest BCUT2D eigenvalue weighted by atomic mass is 9.82. The standard InChI is InChI=1S/C13H19NO2/c1-4-11(10-8-6-5-7-9-10)13(2,3)16-12(14)15/h5-9,11H,4H2,1-3H3,(H2,14,15). The van der Waals surface area contributed by atoms with Crippen LogP contribution in [0.25, 0.3) is 0 Å². The van der Waals surface area contributed by atoms with E-state index in [-0.39, 0.29) is 5.92 Å². The molecule has 0 aliphatic rings. The first-order valence-corrected chi connectivity index (χ1v) is 5.50. The Bertz CT molecular complexity index is 346. The van der Waals surface area contributed by atoms with E-state index in [0.29, 0.717) is 0 Å². The summed E-state index contributed by atoms with van der Waals surface area (Å²) in [5.41, 5.74) is 5.67. The van der Waals surface area contributed by atoms with Gasteiger partial charge in [-0.25, -0.2) is 4.79 Å². The minimum Gasteiger partial charge on any atom is -0.443 e. The third-order valence-corrected chi connectivity index (χ3v) is 2.81. The van der Waals surface area contributed by atoms with Crippen molar-refractivity contribution in [2.75, 3.05) is 0 Å². The first-order valence-electron chi connectivity index (χ1n) is 5.50. The summed E-state index contributed by atoms with van der Waals surface area (Å²) < 4.78 is 5.18. The van der Waals surface area contributed by atoms with Crippen LogP contribution in [0.5, 0.6) is 0 Å². The number of hydrogen-bond donors (Lipinski definition) is 1. The summed E-state index contributed by atoms with van der Waals surface area (Å²) >= 11 is 0. The highest BCUT2D eigenvalue weighted by atomic mass is 16.6. The van der Waals surface area contributed by atoms with Crippen LogP contribution in [0.3, 0.4) is 0 Å². The van der Waals surface area contributed by atoms with Gasteiger partial charge in [-0.05, 0) is 25.8 Å². The zero-order valence-corrected chi connectivity index (χ0v) is 10.1. The zero-order chi connectivity index (χ0) is 12.2. The van der Waals surface area contributed by atoms with Crippen LogP contribution in [0, 0.1) is 0 Å². The maximum Gasteiger partial charge on any atom is 0.405 e. The fourth-order valence-electron chi connectivity index (χ4n) is 2.14. The highest BCUT2D eigenvalue weighted by Crippen LogP contribution is 2.33. The van der Waals surface area contributed by atoms with Crippen molar-refractivity contribution in [3.63, 3.8) is 0 Å². The number of primary amides is 1. The quantitative estimate of drug-likeness (QED) is 0.849. The number of carbonyl (C=O) groups excluding carboxylic acids is 1. The van der Waals surface area contributed by atoms with Crippen molar-refractivity contribution < 1.29 is 9.53 Å². The Balaban J connectivity index is 2.94. The van der Waals surface area contributed by atoms with Gasteiger partial charge in [0.05, 0.1) is 0 Å². The molecule has 0 bridgehead atoms. The Kier molecular flexibility index (Phi) is 3.93. The van der Waals surface area contributed by atoms with E-state index in [2.05, 4.69) is 6.92 Å². The lowest BCUT2D eigenvalue weighted by Gasteiger charge is -2.33. The Morgan fingerprint density at radius 1 is 1.38 bits per heavy atom. The molecule has 2 N–H and O–H groups in total. The smallest absolute Gasteiger partial charge is 0.405 e. The van der Waals surface area contributed by atoms with Crippen molar-refractivity contribution in [1.29, 1.82) is 0 Å². The number of ether oxygens (including phenoxy) is 1. The fourth-order valence-corrected chi connectivity index (χ4v) is 2.14. The Morgan fingerprint density at radius 2 is 1.94 bits per heavy atom. The monoisotopic (exact) mass is 221 g/mol. The van der Waals surface area contributed by atoms with Gasteiger partial charge in [0.15, 0.2) is 0 Å². The van der Waals surface area contributed by atoms with E-state index in [1.807, 2.05) is 44.2 Å². The van der Waals surface area contributed by atoms with Crippen LogP contribution in [0.15, 0.2) is 30.3 Å². The van der Waals surface area contributed by atoms with Gasteiger partial charge in [0.1, 0.15) is 5.60 Å². The molecule has 0 aromatic heterocycles. The maximum atomic E-state index is 10.9. The van der Waals surface area contributed by atoms with Crippen LogP contribution >= 0.6 is 0 Å². The third kappa shape index (κ3) is 2.99. The van der Waals surface area contributed by atoms with Gasteiger partial charge in [0.2, 0.25) is 0 Å². The molecule has 1 atom stereocenters. The van der Waals surface area contributed by atoms with Crippen molar-refractivity contribution in [3.05, 3.63) is 35.9 Å². The van der Waals surface area contributed by atoms with Gasteiger partial charge in [0.25, 0.3) is 0 Å². The molecule has 16 heavy (non-hydrogen) atoms. The molecule has 0 saturated carbocycles. The maximum absolute atomic E-state index is 10.9.